The summed E-state index contributed by atoms with van der Waals surface area (Å²) >= 11 is 1.59. The molecule has 4 rings (SSSR count). The molecule has 27 heavy (non-hydrogen) atoms. The molecule has 1 aliphatic heterocycles. The van der Waals surface area contributed by atoms with Gasteiger partial charge in [-0.3, -0.25) is 9.59 Å². The molecule has 2 aromatic heterocycles. The summed E-state index contributed by atoms with van der Waals surface area (Å²) in [5.74, 6) is 1.80. The maximum Gasteiger partial charge on any atom is 0.252 e. The lowest BCUT2D eigenvalue weighted by molar-refractivity contribution is -0.117. The van der Waals surface area contributed by atoms with Crippen LogP contribution in [0.1, 0.15) is 23.2 Å². The van der Waals surface area contributed by atoms with Crippen molar-refractivity contribution in [1.29, 1.82) is 0 Å². The van der Waals surface area contributed by atoms with Gasteiger partial charge < -0.3 is 20.1 Å². The van der Waals surface area contributed by atoms with E-state index in [1.807, 2.05) is 17.8 Å². The Morgan fingerprint density at radius 1 is 1.41 bits per heavy atom. The molecule has 2 amide bonds. The maximum atomic E-state index is 12.5. The molecule has 0 bridgehead atoms. The molecule has 2 aromatic rings. The zero-order valence-corrected chi connectivity index (χ0v) is 16.0. The van der Waals surface area contributed by atoms with E-state index < -0.39 is 0 Å². The molecule has 2 aliphatic rings. The number of rotatable bonds is 7. The number of hydrogen-bond donors (Lipinski definition) is 2. The third kappa shape index (κ3) is 4.08. The average Bonchev–Trinajstić information content (AvgIpc) is 3.40. The highest BCUT2D eigenvalue weighted by atomic mass is 32.2. The van der Waals surface area contributed by atoms with Crippen LogP contribution in [0.15, 0.2) is 29.8 Å². The standard InChI is InChI=1S/C18H22N6O2S/c1-23-6-4-20-18(23)27-7-5-19-17(26)13-8-14-16(21-9-13)22-10-15(25)24(14)11-12-2-3-12/h4,6,8-9,12H,2-3,5,7,10-11H2,1H3,(H,19,26)(H,21,22). The van der Waals surface area contributed by atoms with Gasteiger partial charge in [0.1, 0.15) is 5.82 Å². The predicted octanol–water partition coefficient (Wildman–Crippen LogP) is 1.51. The smallest absolute Gasteiger partial charge is 0.252 e. The number of carbonyl (C=O) groups excluding carboxylic acids is 2. The average molecular weight is 386 g/mol. The molecule has 0 spiro atoms. The summed E-state index contributed by atoms with van der Waals surface area (Å²) in [6.07, 6.45) is 7.52. The number of aryl methyl sites for hydroxylation is 1. The molecule has 0 aromatic carbocycles. The number of nitrogens with one attached hydrogen (secondary N) is 2. The van der Waals surface area contributed by atoms with Crippen molar-refractivity contribution in [3.63, 3.8) is 0 Å². The first-order chi connectivity index (χ1) is 13.1. The SMILES string of the molecule is Cn1ccnc1SCCNC(=O)c1cnc2c(c1)N(CC1CC1)C(=O)CN2. The summed E-state index contributed by atoms with van der Waals surface area (Å²) < 4.78 is 1.94. The Morgan fingerprint density at radius 2 is 2.26 bits per heavy atom. The third-order valence-corrected chi connectivity index (χ3v) is 5.72. The fraction of sp³-hybridized carbons (Fsp3) is 0.444. The second-order valence-corrected chi connectivity index (χ2v) is 7.88. The van der Waals surface area contributed by atoms with Crippen molar-refractivity contribution in [1.82, 2.24) is 19.9 Å². The molecule has 0 radical (unpaired) electrons. The van der Waals surface area contributed by atoms with E-state index in [4.69, 9.17) is 0 Å². The highest BCUT2D eigenvalue weighted by Gasteiger charge is 2.32. The number of fused-ring (bicyclic) bond motifs is 1. The van der Waals surface area contributed by atoms with E-state index in [0.29, 0.717) is 36.1 Å². The minimum Gasteiger partial charge on any atom is -0.359 e. The van der Waals surface area contributed by atoms with Gasteiger partial charge in [0.25, 0.3) is 5.91 Å². The van der Waals surface area contributed by atoms with Crippen LogP contribution in [0.5, 0.6) is 0 Å². The van der Waals surface area contributed by atoms with Crippen LogP contribution in [0.4, 0.5) is 11.5 Å². The van der Waals surface area contributed by atoms with Gasteiger partial charge >= 0.3 is 0 Å². The van der Waals surface area contributed by atoms with Gasteiger partial charge in [0.2, 0.25) is 5.91 Å². The summed E-state index contributed by atoms with van der Waals surface area (Å²) in [7, 11) is 1.94. The fourth-order valence-corrected chi connectivity index (χ4v) is 3.75. The quantitative estimate of drug-likeness (QED) is 0.554. The predicted molar refractivity (Wildman–Crippen MR) is 104 cm³/mol. The summed E-state index contributed by atoms with van der Waals surface area (Å²) in [5, 5.41) is 6.85. The lowest BCUT2D eigenvalue weighted by atomic mass is 10.2. The molecule has 1 aliphatic carbocycles. The highest BCUT2D eigenvalue weighted by molar-refractivity contribution is 7.99. The summed E-state index contributed by atoms with van der Waals surface area (Å²) in [4.78, 5) is 35.1. The summed E-state index contributed by atoms with van der Waals surface area (Å²) in [6, 6.07) is 1.76. The van der Waals surface area contributed by atoms with Gasteiger partial charge in [0.05, 0.1) is 17.8 Å². The van der Waals surface area contributed by atoms with Crippen molar-refractivity contribution in [3.05, 3.63) is 30.2 Å². The third-order valence-electron chi connectivity index (χ3n) is 4.66. The van der Waals surface area contributed by atoms with Crippen LogP contribution in [0.25, 0.3) is 0 Å². The topological polar surface area (TPSA) is 92.2 Å². The van der Waals surface area contributed by atoms with Gasteiger partial charge in [-0.05, 0) is 24.8 Å². The van der Waals surface area contributed by atoms with Crippen LogP contribution in [0.2, 0.25) is 0 Å². The number of carbonyl (C=O) groups is 2. The van der Waals surface area contributed by atoms with Crippen molar-refractivity contribution in [2.24, 2.45) is 13.0 Å². The first kappa shape index (κ1) is 17.8. The number of aromatic nitrogens is 3. The Kier molecular flexibility index (Phi) is 5.02. The molecule has 2 N–H and O–H groups in total. The Balaban J connectivity index is 1.38. The first-order valence-electron chi connectivity index (χ1n) is 9.04. The number of amides is 2. The monoisotopic (exact) mass is 386 g/mol. The Morgan fingerprint density at radius 3 is 3.00 bits per heavy atom. The Hall–Kier alpha value is -2.55. The molecule has 3 heterocycles. The normalized spacial score (nSPS) is 16.0. The van der Waals surface area contributed by atoms with Crippen LogP contribution >= 0.6 is 11.8 Å². The lowest BCUT2D eigenvalue weighted by Crippen LogP contribution is -2.41. The van der Waals surface area contributed by atoms with Crippen molar-refractivity contribution in [2.45, 2.75) is 18.0 Å². The maximum absolute atomic E-state index is 12.5. The van der Waals surface area contributed by atoms with Crippen molar-refractivity contribution in [3.8, 4) is 0 Å². The summed E-state index contributed by atoms with van der Waals surface area (Å²) in [5.41, 5.74) is 1.17. The van der Waals surface area contributed by atoms with Crippen LogP contribution in [0, 0.1) is 5.92 Å². The van der Waals surface area contributed by atoms with E-state index in [-0.39, 0.29) is 18.4 Å². The molecule has 142 valence electrons. The van der Waals surface area contributed by atoms with E-state index in [1.165, 1.54) is 0 Å². The molecule has 8 nitrogen and oxygen atoms in total. The molecule has 0 unspecified atom stereocenters. The van der Waals surface area contributed by atoms with Gasteiger partial charge in [-0.25, -0.2) is 9.97 Å². The molecule has 1 saturated carbocycles. The van der Waals surface area contributed by atoms with Crippen LogP contribution in [-0.2, 0) is 11.8 Å². The first-order valence-corrected chi connectivity index (χ1v) is 10.0. The molecule has 0 saturated heterocycles. The zero-order valence-electron chi connectivity index (χ0n) is 15.1. The number of pyridine rings is 1. The van der Waals surface area contributed by atoms with E-state index in [1.54, 1.807) is 35.1 Å². The van der Waals surface area contributed by atoms with E-state index in [2.05, 4.69) is 20.6 Å². The van der Waals surface area contributed by atoms with Crippen LogP contribution in [0.3, 0.4) is 0 Å². The van der Waals surface area contributed by atoms with E-state index in [9.17, 15) is 9.59 Å². The second-order valence-electron chi connectivity index (χ2n) is 6.82. The zero-order chi connectivity index (χ0) is 18.8. The van der Waals surface area contributed by atoms with Gasteiger partial charge in [0.15, 0.2) is 5.16 Å². The van der Waals surface area contributed by atoms with Gasteiger partial charge in [-0.1, -0.05) is 11.8 Å². The van der Waals surface area contributed by atoms with Crippen molar-refractivity contribution in [2.75, 3.05) is 35.6 Å². The molecular formula is C18H22N6O2S. The Bertz CT molecular complexity index is 863. The van der Waals surface area contributed by atoms with Gasteiger partial charge in [-0.2, -0.15) is 0 Å². The van der Waals surface area contributed by atoms with Gasteiger partial charge in [0, 0.05) is 44.5 Å². The Labute approximate surface area is 161 Å². The molecule has 0 atom stereocenters. The number of imidazole rings is 1. The molecule has 9 heteroatoms. The van der Waals surface area contributed by atoms with Gasteiger partial charge in [-0.15, -0.1) is 0 Å². The van der Waals surface area contributed by atoms with Crippen LogP contribution < -0.4 is 15.5 Å². The van der Waals surface area contributed by atoms with Crippen molar-refractivity contribution < 1.29 is 9.59 Å². The number of anilines is 2. The minimum atomic E-state index is -0.185. The minimum absolute atomic E-state index is 0.0280. The van der Waals surface area contributed by atoms with Crippen molar-refractivity contribution >= 4 is 35.1 Å². The highest BCUT2D eigenvalue weighted by Crippen LogP contribution is 2.35. The molecular weight excluding hydrogens is 364 g/mol. The number of nitrogens with zero attached hydrogens (tertiary/aromatic N) is 4. The largest absolute Gasteiger partial charge is 0.359 e. The summed E-state index contributed by atoms with van der Waals surface area (Å²) in [6.45, 7) is 1.49. The second kappa shape index (κ2) is 7.59. The number of hydrogen-bond acceptors (Lipinski definition) is 6. The van der Waals surface area contributed by atoms with E-state index >= 15 is 0 Å². The fourth-order valence-electron chi connectivity index (χ4n) is 2.97. The van der Waals surface area contributed by atoms with Crippen LogP contribution in [-0.4, -0.2) is 51.7 Å². The lowest BCUT2D eigenvalue weighted by Gasteiger charge is -2.29. The number of thioether (sulfide) groups is 1. The van der Waals surface area contributed by atoms with E-state index in [0.717, 1.165) is 23.8 Å². The molecule has 1 fully saturated rings.